The van der Waals surface area contributed by atoms with Gasteiger partial charge in [-0.15, -0.1) is 0 Å². The molecule has 0 spiro atoms. The van der Waals surface area contributed by atoms with Gasteiger partial charge in [0.05, 0.1) is 0 Å². The highest BCUT2D eigenvalue weighted by Gasteiger charge is 2.13. The number of carbonyl (C=O) groups is 1. The zero-order chi connectivity index (χ0) is 16.1. The van der Waals surface area contributed by atoms with Crippen molar-refractivity contribution in [3.05, 3.63) is 64.7 Å². The first-order valence-electron chi connectivity index (χ1n) is 8.10. The molecule has 1 atom stereocenters. The van der Waals surface area contributed by atoms with Crippen LogP contribution in [0.15, 0.2) is 48.5 Å². The Morgan fingerprint density at radius 2 is 2.04 bits per heavy atom. The van der Waals surface area contributed by atoms with E-state index in [9.17, 15) is 4.79 Å². The SMILES string of the molecule is O=C(Nc1ccc(CC[C@H]2CCCN2)cc1)c1cccc(Cl)c1. The van der Waals surface area contributed by atoms with Crippen molar-refractivity contribution >= 4 is 23.2 Å². The van der Waals surface area contributed by atoms with Crippen molar-refractivity contribution in [3.63, 3.8) is 0 Å². The molecule has 2 aromatic carbocycles. The van der Waals surface area contributed by atoms with Crippen molar-refractivity contribution in [1.29, 1.82) is 0 Å². The van der Waals surface area contributed by atoms with Crippen molar-refractivity contribution in [3.8, 4) is 0 Å². The normalized spacial score (nSPS) is 17.2. The van der Waals surface area contributed by atoms with Crippen molar-refractivity contribution < 1.29 is 4.79 Å². The Labute approximate surface area is 142 Å². The van der Waals surface area contributed by atoms with E-state index in [2.05, 4.69) is 22.8 Å². The standard InChI is InChI=1S/C19H21ClN2O/c20-16-4-1-3-15(13-16)19(23)22-18-10-7-14(8-11-18)6-9-17-5-2-12-21-17/h1,3-4,7-8,10-11,13,17,21H,2,5-6,9,12H2,(H,22,23)/t17-/m1/s1. The van der Waals surface area contributed by atoms with Gasteiger partial charge in [0.1, 0.15) is 0 Å². The molecular formula is C19H21ClN2O. The lowest BCUT2D eigenvalue weighted by atomic mass is 10.0. The van der Waals surface area contributed by atoms with Crippen molar-refractivity contribution in [2.75, 3.05) is 11.9 Å². The van der Waals surface area contributed by atoms with Crippen LogP contribution < -0.4 is 10.6 Å². The minimum Gasteiger partial charge on any atom is -0.322 e. The molecule has 1 aliphatic rings. The topological polar surface area (TPSA) is 41.1 Å². The van der Waals surface area contributed by atoms with Gasteiger partial charge in [-0.1, -0.05) is 29.8 Å². The molecule has 4 heteroatoms. The molecule has 3 nitrogen and oxygen atoms in total. The fraction of sp³-hybridized carbons (Fsp3) is 0.316. The summed E-state index contributed by atoms with van der Waals surface area (Å²) in [4.78, 5) is 12.2. The van der Waals surface area contributed by atoms with Crippen LogP contribution >= 0.6 is 11.6 Å². The summed E-state index contributed by atoms with van der Waals surface area (Å²) in [7, 11) is 0. The van der Waals surface area contributed by atoms with Crippen molar-refractivity contribution in [2.45, 2.75) is 31.7 Å². The van der Waals surface area contributed by atoms with Crippen molar-refractivity contribution in [1.82, 2.24) is 5.32 Å². The third kappa shape index (κ3) is 4.57. The molecule has 1 fully saturated rings. The Kier molecular flexibility index (Phi) is 5.31. The quantitative estimate of drug-likeness (QED) is 0.860. The summed E-state index contributed by atoms with van der Waals surface area (Å²) in [5.74, 6) is -0.143. The van der Waals surface area contributed by atoms with E-state index < -0.39 is 0 Å². The molecule has 1 saturated heterocycles. The Morgan fingerprint density at radius 1 is 1.22 bits per heavy atom. The first-order chi connectivity index (χ1) is 11.2. The Bertz CT molecular complexity index is 663. The molecule has 1 amide bonds. The van der Waals surface area contributed by atoms with E-state index in [0.29, 0.717) is 16.6 Å². The molecule has 0 aliphatic carbocycles. The highest BCUT2D eigenvalue weighted by atomic mass is 35.5. The molecule has 0 bridgehead atoms. The number of hydrogen-bond donors (Lipinski definition) is 2. The van der Waals surface area contributed by atoms with E-state index in [0.717, 1.165) is 18.7 Å². The van der Waals surface area contributed by atoms with E-state index in [4.69, 9.17) is 11.6 Å². The molecule has 2 N–H and O–H groups in total. The fourth-order valence-electron chi connectivity index (χ4n) is 2.93. The smallest absolute Gasteiger partial charge is 0.255 e. The van der Waals surface area contributed by atoms with Gasteiger partial charge in [0.25, 0.3) is 5.91 Å². The van der Waals surface area contributed by atoms with Crippen LogP contribution in [0.5, 0.6) is 0 Å². The molecule has 0 unspecified atom stereocenters. The molecule has 2 aromatic rings. The maximum absolute atomic E-state index is 12.2. The lowest BCUT2D eigenvalue weighted by molar-refractivity contribution is 0.102. The van der Waals surface area contributed by atoms with Gasteiger partial charge in [-0.2, -0.15) is 0 Å². The molecule has 23 heavy (non-hydrogen) atoms. The van der Waals surface area contributed by atoms with E-state index in [-0.39, 0.29) is 5.91 Å². The number of amides is 1. The minimum atomic E-state index is -0.143. The highest BCUT2D eigenvalue weighted by Crippen LogP contribution is 2.17. The van der Waals surface area contributed by atoms with E-state index in [1.165, 1.54) is 24.8 Å². The van der Waals surface area contributed by atoms with E-state index in [1.807, 2.05) is 12.1 Å². The van der Waals surface area contributed by atoms with Crippen LogP contribution in [0.4, 0.5) is 5.69 Å². The highest BCUT2D eigenvalue weighted by molar-refractivity contribution is 6.31. The molecular weight excluding hydrogens is 308 g/mol. The number of carbonyl (C=O) groups excluding carboxylic acids is 1. The summed E-state index contributed by atoms with van der Waals surface area (Å²) in [6.45, 7) is 1.15. The summed E-state index contributed by atoms with van der Waals surface area (Å²) < 4.78 is 0. The number of halogens is 1. The average Bonchev–Trinajstić information content (AvgIpc) is 3.08. The van der Waals surface area contributed by atoms with Crippen LogP contribution in [0.2, 0.25) is 5.02 Å². The lowest BCUT2D eigenvalue weighted by Crippen LogP contribution is -2.21. The van der Waals surface area contributed by atoms with Gasteiger partial charge in [-0.05, 0) is 68.1 Å². The number of rotatable bonds is 5. The predicted octanol–water partition coefficient (Wildman–Crippen LogP) is 4.28. The third-order valence-electron chi connectivity index (χ3n) is 4.24. The van der Waals surface area contributed by atoms with Crippen molar-refractivity contribution in [2.24, 2.45) is 0 Å². The second-order valence-electron chi connectivity index (χ2n) is 5.99. The Hall–Kier alpha value is -1.84. The van der Waals surface area contributed by atoms with Gasteiger partial charge >= 0.3 is 0 Å². The molecule has 120 valence electrons. The summed E-state index contributed by atoms with van der Waals surface area (Å²) in [5, 5.41) is 6.98. The summed E-state index contributed by atoms with van der Waals surface area (Å²) in [6.07, 6.45) is 4.82. The summed E-state index contributed by atoms with van der Waals surface area (Å²) in [6, 6.07) is 15.7. The van der Waals surface area contributed by atoms with E-state index in [1.54, 1.807) is 24.3 Å². The zero-order valence-corrected chi connectivity index (χ0v) is 13.8. The van der Waals surface area contributed by atoms with Crippen LogP contribution in [0.3, 0.4) is 0 Å². The number of anilines is 1. The largest absolute Gasteiger partial charge is 0.322 e. The molecule has 1 heterocycles. The molecule has 0 saturated carbocycles. The van der Waals surface area contributed by atoms with Gasteiger partial charge in [0, 0.05) is 22.3 Å². The monoisotopic (exact) mass is 328 g/mol. The van der Waals surface area contributed by atoms with Crippen LogP contribution in [0.25, 0.3) is 0 Å². The van der Waals surface area contributed by atoms with Crippen LogP contribution in [0.1, 0.15) is 35.2 Å². The van der Waals surface area contributed by atoms with Gasteiger partial charge in [0.2, 0.25) is 0 Å². The third-order valence-corrected chi connectivity index (χ3v) is 4.48. The predicted molar refractivity (Wildman–Crippen MR) is 95.2 cm³/mol. The first kappa shape index (κ1) is 16.0. The number of hydrogen-bond acceptors (Lipinski definition) is 2. The maximum atomic E-state index is 12.2. The zero-order valence-electron chi connectivity index (χ0n) is 13.0. The number of aryl methyl sites for hydroxylation is 1. The van der Waals surface area contributed by atoms with Crippen LogP contribution in [-0.2, 0) is 6.42 Å². The van der Waals surface area contributed by atoms with Gasteiger partial charge in [-0.3, -0.25) is 4.79 Å². The molecule has 3 rings (SSSR count). The summed E-state index contributed by atoms with van der Waals surface area (Å²) >= 11 is 5.92. The minimum absolute atomic E-state index is 0.143. The van der Waals surface area contributed by atoms with Crippen LogP contribution in [-0.4, -0.2) is 18.5 Å². The van der Waals surface area contributed by atoms with Gasteiger partial charge in [-0.25, -0.2) is 0 Å². The fourth-order valence-corrected chi connectivity index (χ4v) is 3.12. The maximum Gasteiger partial charge on any atom is 0.255 e. The number of nitrogens with one attached hydrogen (secondary N) is 2. The second kappa shape index (κ2) is 7.62. The van der Waals surface area contributed by atoms with Gasteiger partial charge in [0.15, 0.2) is 0 Å². The average molecular weight is 329 g/mol. The summed E-state index contributed by atoms with van der Waals surface area (Å²) in [5.41, 5.74) is 2.67. The molecule has 1 aliphatic heterocycles. The first-order valence-corrected chi connectivity index (χ1v) is 8.48. The Morgan fingerprint density at radius 3 is 2.74 bits per heavy atom. The van der Waals surface area contributed by atoms with E-state index >= 15 is 0 Å². The number of benzene rings is 2. The Balaban J connectivity index is 1.55. The molecule has 0 radical (unpaired) electrons. The molecule has 0 aromatic heterocycles. The van der Waals surface area contributed by atoms with Gasteiger partial charge < -0.3 is 10.6 Å². The second-order valence-corrected chi connectivity index (χ2v) is 6.43. The van der Waals surface area contributed by atoms with Crippen LogP contribution in [0, 0.1) is 0 Å². The lowest BCUT2D eigenvalue weighted by Gasteiger charge is -2.10.